The molecular weight excluding hydrogens is 242 g/mol. The van der Waals surface area contributed by atoms with Gasteiger partial charge < -0.3 is 19.5 Å². The molecule has 0 amide bonds. The molecule has 1 saturated heterocycles. The fourth-order valence-electron chi connectivity index (χ4n) is 2.58. The third-order valence-electron chi connectivity index (χ3n) is 3.82. The smallest absolute Gasteiger partial charge is 0.231 e. The second-order valence-corrected chi connectivity index (χ2v) is 5.23. The van der Waals surface area contributed by atoms with Crippen molar-refractivity contribution in [1.29, 1.82) is 0 Å². The topological polar surface area (TPSA) is 39.7 Å². The van der Waals surface area contributed by atoms with E-state index in [1.54, 1.807) is 0 Å². The van der Waals surface area contributed by atoms with E-state index in [0.717, 1.165) is 24.7 Å². The Bertz CT molecular complexity index is 429. The van der Waals surface area contributed by atoms with Gasteiger partial charge in [-0.25, -0.2) is 0 Å². The second kappa shape index (κ2) is 5.80. The van der Waals surface area contributed by atoms with Crippen molar-refractivity contribution in [3.8, 4) is 11.5 Å². The van der Waals surface area contributed by atoms with Gasteiger partial charge in [0, 0.05) is 19.2 Å². The molecule has 1 fully saturated rings. The largest absolute Gasteiger partial charge is 0.454 e. The van der Waals surface area contributed by atoms with Crippen LogP contribution in [0.2, 0.25) is 0 Å². The highest BCUT2D eigenvalue weighted by Crippen LogP contribution is 2.34. The first-order valence-corrected chi connectivity index (χ1v) is 7.07. The third-order valence-corrected chi connectivity index (χ3v) is 3.82. The van der Waals surface area contributed by atoms with Gasteiger partial charge in [0.1, 0.15) is 0 Å². The lowest BCUT2D eigenvalue weighted by Gasteiger charge is -2.25. The molecule has 19 heavy (non-hydrogen) atoms. The Morgan fingerprint density at radius 1 is 1.26 bits per heavy atom. The van der Waals surface area contributed by atoms with Crippen molar-refractivity contribution >= 4 is 0 Å². The van der Waals surface area contributed by atoms with Crippen molar-refractivity contribution in [3.05, 3.63) is 23.8 Å². The van der Waals surface area contributed by atoms with Gasteiger partial charge in [-0.1, -0.05) is 6.07 Å². The molecule has 4 nitrogen and oxygen atoms in total. The molecule has 2 heterocycles. The second-order valence-electron chi connectivity index (χ2n) is 5.23. The van der Waals surface area contributed by atoms with Gasteiger partial charge in [-0.05, 0) is 43.9 Å². The van der Waals surface area contributed by atoms with E-state index < -0.39 is 0 Å². The van der Waals surface area contributed by atoms with Crippen molar-refractivity contribution in [3.63, 3.8) is 0 Å². The Kier molecular flexibility index (Phi) is 3.89. The van der Waals surface area contributed by atoms with Crippen LogP contribution in [0.3, 0.4) is 0 Å². The van der Waals surface area contributed by atoms with Crippen LogP contribution in [0.4, 0.5) is 0 Å². The van der Waals surface area contributed by atoms with Crippen LogP contribution in [0.5, 0.6) is 11.5 Å². The van der Waals surface area contributed by atoms with Gasteiger partial charge in [0.15, 0.2) is 11.5 Å². The molecule has 0 spiro atoms. The normalized spacial score (nSPS) is 23.3. The van der Waals surface area contributed by atoms with Crippen LogP contribution < -0.4 is 14.8 Å². The average molecular weight is 263 g/mol. The minimum Gasteiger partial charge on any atom is -0.454 e. The minimum atomic E-state index is 0.292. The molecule has 1 aromatic carbocycles. The summed E-state index contributed by atoms with van der Waals surface area (Å²) in [6.07, 6.45) is 4.02. The van der Waals surface area contributed by atoms with Crippen LogP contribution >= 0.6 is 0 Å². The molecular formula is C15H21NO3. The Hall–Kier alpha value is -1.26. The fourth-order valence-corrected chi connectivity index (χ4v) is 2.58. The highest BCUT2D eigenvalue weighted by molar-refractivity contribution is 5.45. The molecule has 2 unspecified atom stereocenters. The summed E-state index contributed by atoms with van der Waals surface area (Å²) in [7, 11) is 0. The van der Waals surface area contributed by atoms with Crippen molar-refractivity contribution in [2.45, 2.75) is 38.3 Å². The van der Waals surface area contributed by atoms with E-state index in [1.807, 2.05) is 6.07 Å². The van der Waals surface area contributed by atoms with Crippen LogP contribution in [0.25, 0.3) is 0 Å². The maximum Gasteiger partial charge on any atom is 0.231 e. The molecule has 3 rings (SSSR count). The van der Waals surface area contributed by atoms with Gasteiger partial charge in [0.2, 0.25) is 6.79 Å². The Balaban J connectivity index is 1.56. The zero-order valence-corrected chi connectivity index (χ0v) is 11.4. The minimum absolute atomic E-state index is 0.292. The van der Waals surface area contributed by atoms with E-state index in [9.17, 15) is 0 Å². The van der Waals surface area contributed by atoms with Crippen LogP contribution in [0.1, 0.15) is 37.8 Å². The van der Waals surface area contributed by atoms with E-state index in [2.05, 4.69) is 24.4 Å². The molecule has 0 saturated carbocycles. The monoisotopic (exact) mass is 263 g/mol. The Morgan fingerprint density at radius 3 is 3.00 bits per heavy atom. The van der Waals surface area contributed by atoms with E-state index in [0.29, 0.717) is 18.9 Å². The molecule has 4 heteroatoms. The predicted molar refractivity (Wildman–Crippen MR) is 72.6 cm³/mol. The van der Waals surface area contributed by atoms with Gasteiger partial charge in [0.25, 0.3) is 0 Å². The summed E-state index contributed by atoms with van der Waals surface area (Å²) in [4.78, 5) is 0. The van der Waals surface area contributed by atoms with E-state index in [-0.39, 0.29) is 0 Å². The summed E-state index contributed by atoms with van der Waals surface area (Å²) >= 11 is 0. The van der Waals surface area contributed by atoms with E-state index in [4.69, 9.17) is 14.2 Å². The van der Waals surface area contributed by atoms with Crippen molar-refractivity contribution < 1.29 is 14.2 Å². The number of rotatable bonds is 4. The highest BCUT2D eigenvalue weighted by atomic mass is 16.7. The standard InChI is InChI=1S/C15H21NO3/c1-11(16-9-13-4-2-3-7-17-13)12-5-6-14-15(8-12)19-10-18-14/h5-6,8,11,13,16H,2-4,7,9-10H2,1H3. The van der Waals surface area contributed by atoms with Crippen molar-refractivity contribution in [2.75, 3.05) is 19.9 Å². The molecule has 0 aliphatic carbocycles. The number of hydrogen-bond donors (Lipinski definition) is 1. The van der Waals surface area contributed by atoms with E-state index in [1.165, 1.54) is 24.8 Å². The molecule has 2 aliphatic heterocycles. The molecule has 104 valence electrons. The van der Waals surface area contributed by atoms with Crippen LogP contribution in [-0.4, -0.2) is 26.0 Å². The first kappa shape index (κ1) is 12.8. The third kappa shape index (κ3) is 3.01. The fraction of sp³-hybridized carbons (Fsp3) is 0.600. The van der Waals surface area contributed by atoms with Gasteiger partial charge in [0.05, 0.1) is 6.10 Å². The summed E-state index contributed by atoms with van der Waals surface area (Å²) in [5, 5.41) is 3.54. The van der Waals surface area contributed by atoms with Crippen LogP contribution in [0.15, 0.2) is 18.2 Å². The maximum atomic E-state index is 5.73. The van der Waals surface area contributed by atoms with E-state index >= 15 is 0 Å². The Morgan fingerprint density at radius 2 is 2.16 bits per heavy atom. The summed E-state index contributed by atoms with van der Waals surface area (Å²) < 4.78 is 16.5. The molecule has 2 aliphatic rings. The zero-order valence-electron chi connectivity index (χ0n) is 11.4. The number of fused-ring (bicyclic) bond motifs is 1. The first-order valence-electron chi connectivity index (χ1n) is 7.07. The summed E-state index contributed by atoms with van der Waals surface area (Å²) in [6.45, 7) is 4.32. The zero-order chi connectivity index (χ0) is 13.1. The number of hydrogen-bond acceptors (Lipinski definition) is 4. The summed E-state index contributed by atoms with van der Waals surface area (Å²) in [6, 6.07) is 6.42. The van der Waals surface area contributed by atoms with Crippen LogP contribution in [0, 0.1) is 0 Å². The quantitative estimate of drug-likeness (QED) is 0.906. The molecule has 1 N–H and O–H groups in total. The van der Waals surface area contributed by atoms with Gasteiger partial charge in [-0.15, -0.1) is 0 Å². The molecule has 1 aromatic rings. The number of nitrogens with one attached hydrogen (secondary N) is 1. The van der Waals surface area contributed by atoms with Crippen molar-refractivity contribution in [1.82, 2.24) is 5.32 Å². The predicted octanol–water partition coefficient (Wildman–Crippen LogP) is 2.64. The lowest BCUT2D eigenvalue weighted by Crippen LogP contribution is -2.33. The summed E-state index contributed by atoms with van der Waals surface area (Å²) in [5.41, 5.74) is 1.22. The molecule has 0 aromatic heterocycles. The SMILES string of the molecule is CC(NCC1CCCCO1)c1ccc2c(c1)OCO2. The van der Waals surface area contributed by atoms with Gasteiger partial charge in [-0.3, -0.25) is 0 Å². The average Bonchev–Trinajstić information content (AvgIpc) is 2.93. The maximum absolute atomic E-state index is 5.73. The number of ether oxygens (including phenoxy) is 3. The van der Waals surface area contributed by atoms with Gasteiger partial charge >= 0.3 is 0 Å². The first-order chi connectivity index (χ1) is 9.33. The van der Waals surface area contributed by atoms with Crippen LogP contribution in [-0.2, 0) is 4.74 Å². The lowest BCUT2D eigenvalue weighted by atomic mass is 10.1. The molecule has 2 atom stereocenters. The Labute approximate surface area is 114 Å². The van der Waals surface area contributed by atoms with Crippen molar-refractivity contribution in [2.24, 2.45) is 0 Å². The lowest BCUT2D eigenvalue weighted by molar-refractivity contribution is 0.0156. The summed E-state index contributed by atoms with van der Waals surface area (Å²) in [5.74, 6) is 1.69. The number of benzene rings is 1. The van der Waals surface area contributed by atoms with Gasteiger partial charge in [-0.2, -0.15) is 0 Å². The molecule has 0 radical (unpaired) electrons. The molecule has 0 bridgehead atoms. The highest BCUT2D eigenvalue weighted by Gasteiger charge is 2.17.